The van der Waals surface area contributed by atoms with Crippen LogP contribution in [0.4, 0.5) is 13.2 Å². The van der Waals surface area contributed by atoms with E-state index in [1.165, 1.54) is 23.5 Å². The molecule has 0 aliphatic heterocycles. The number of ether oxygens (including phenoxy) is 1. The number of hydrogen-bond donors (Lipinski definition) is 0. The first kappa shape index (κ1) is 17.3. The fourth-order valence-electron chi connectivity index (χ4n) is 1.79. The number of alkyl halides is 4. The minimum Gasteiger partial charge on any atom is -0.383 e. The highest BCUT2D eigenvalue weighted by Gasteiger charge is 2.35. The monoisotopic (exact) mass is 329 g/mol. The summed E-state index contributed by atoms with van der Waals surface area (Å²) in [6.45, 7) is 1.80. The van der Waals surface area contributed by atoms with Gasteiger partial charge in [-0.15, -0.1) is 22.9 Å². The van der Waals surface area contributed by atoms with Gasteiger partial charge in [0.1, 0.15) is 10.8 Å². The van der Waals surface area contributed by atoms with Crippen LogP contribution in [0.2, 0.25) is 0 Å². The Bertz CT molecular complexity index is 450. The predicted molar refractivity (Wildman–Crippen MR) is 71.9 cm³/mol. The van der Waals surface area contributed by atoms with Crippen LogP contribution in [-0.2, 0) is 22.3 Å². The topological polar surface area (TPSA) is 29.5 Å². The molecule has 0 aliphatic carbocycles. The Kier molecular flexibility index (Phi) is 6.29. The van der Waals surface area contributed by atoms with Crippen LogP contribution in [0.5, 0.6) is 0 Å². The van der Waals surface area contributed by atoms with E-state index in [4.69, 9.17) is 16.3 Å². The van der Waals surface area contributed by atoms with E-state index in [1.54, 1.807) is 6.92 Å². The zero-order chi connectivity index (χ0) is 15.3. The molecule has 0 fully saturated rings. The van der Waals surface area contributed by atoms with E-state index in [1.807, 2.05) is 0 Å². The molecule has 3 nitrogen and oxygen atoms in total. The van der Waals surface area contributed by atoms with Gasteiger partial charge in [0.15, 0.2) is 0 Å². The Morgan fingerprint density at radius 1 is 1.55 bits per heavy atom. The Balaban J connectivity index is 2.96. The van der Waals surface area contributed by atoms with Gasteiger partial charge in [-0.1, -0.05) is 0 Å². The lowest BCUT2D eigenvalue weighted by Crippen LogP contribution is -2.41. The highest BCUT2D eigenvalue weighted by Crippen LogP contribution is 2.36. The van der Waals surface area contributed by atoms with Crippen LogP contribution in [0, 0.1) is 0 Å². The molecule has 1 heterocycles. The van der Waals surface area contributed by atoms with Gasteiger partial charge in [-0.2, -0.15) is 13.2 Å². The number of nitrogens with zero attached hydrogens (tertiary/aromatic N) is 1. The van der Waals surface area contributed by atoms with Gasteiger partial charge in [0, 0.05) is 13.7 Å². The molecule has 1 aromatic rings. The van der Waals surface area contributed by atoms with Crippen molar-refractivity contribution in [1.29, 1.82) is 0 Å². The minimum absolute atomic E-state index is 0.0731. The summed E-state index contributed by atoms with van der Waals surface area (Å²) in [6.07, 6.45) is -4.41. The summed E-state index contributed by atoms with van der Waals surface area (Å²) in [5, 5.41) is 1.36. The van der Waals surface area contributed by atoms with E-state index in [9.17, 15) is 18.0 Å². The van der Waals surface area contributed by atoms with Crippen molar-refractivity contribution >= 4 is 28.8 Å². The lowest BCUT2D eigenvalue weighted by molar-refractivity contribution is -0.137. The molecule has 0 N–H and O–H groups in total. The van der Waals surface area contributed by atoms with E-state index < -0.39 is 17.0 Å². The van der Waals surface area contributed by atoms with E-state index in [-0.39, 0.29) is 30.6 Å². The number of amides is 1. The molecule has 0 radical (unpaired) electrons. The third-order valence-electron chi connectivity index (χ3n) is 2.72. The maximum atomic E-state index is 12.8. The van der Waals surface area contributed by atoms with Crippen molar-refractivity contribution in [2.45, 2.75) is 25.7 Å². The second-order valence-electron chi connectivity index (χ2n) is 4.23. The Labute approximate surface area is 124 Å². The van der Waals surface area contributed by atoms with E-state index in [0.29, 0.717) is 11.3 Å². The largest absolute Gasteiger partial charge is 0.425 e. The van der Waals surface area contributed by atoms with Crippen LogP contribution in [0.3, 0.4) is 0 Å². The van der Waals surface area contributed by atoms with Crippen molar-refractivity contribution in [3.05, 3.63) is 21.9 Å². The van der Waals surface area contributed by atoms with Gasteiger partial charge in [0.2, 0.25) is 5.91 Å². The van der Waals surface area contributed by atoms with E-state index >= 15 is 0 Å². The fraction of sp³-hybridized carbons (Fsp3) is 0.583. The number of rotatable bonds is 6. The minimum atomic E-state index is -4.41. The molecule has 1 rings (SSSR count). The normalized spacial score (nSPS) is 13.3. The first-order chi connectivity index (χ1) is 9.31. The lowest BCUT2D eigenvalue weighted by Gasteiger charge is -2.28. The smallest absolute Gasteiger partial charge is 0.383 e. The van der Waals surface area contributed by atoms with Crippen LogP contribution in [0.15, 0.2) is 11.4 Å². The standard InChI is InChI=1S/C12H15ClF3NO2S/c1-8(7-19-2)17(10(18)5-13)6-9-3-4-20-11(9)12(14,15)16/h3-4,8H,5-7H2,1-2H3/t8-/m0/s1. The van der Waals surface area contributed by atoms with Crippen molar-refractivity contribution in [1.82, 2.24) is 4.90 Å². The first-order valence-corrected chi connectivity index (χ1v) is 7.20. The summed E-state index contributed by atoms with van der Waals surface area (Å²) in [5.74, 6) is -0.699. The molecule has 0 bridgehead atoms. The van der Waals surface area contributed by atoms with Gasteiger partial charge in [0.05, 0.1) is 12.6 Å². The van der Waals surface area contributed by atoms with Gasteiger partial charge >= 0.3 is 6.18 Å². The quantitative estimate of drug-likeness (QED) is 0.749. The van der Waals surface area contributed by atoms with Crippen molar-refractivity contribution in [3.8, 4) is 0 Å². The number of carbonyl (C=O) groups is 1. The summed E-state index contributed by atoms with van der Waals surface area (Å²) in [4.78, 5) is 12.4. The molecule has 0 unspecified atom stereocenters. The van der Waals surface area contributed by atoms with Crippen LogP contribution >= 0.6 is 22.9 Å². The van der Waals surface area contributed by atoms with Crippen LogP contribution in [0.25, 0.3) is 0 Å². The lowest BCUT2D eigenvalue weighted by atomic mass is 10.2. The second-order valence-corrected chi connectivity index (χ2v) is 5.42. The molecule has 0 saturated heterocycles. The second kappa shape index (κ2) is 7.28. The molecular formula is C12H15ClF3NO2S. The number of methoxy groups -OCH3 is 1. The number of carbonyl (C=O) groups excluding carboxylic acids is 1. The zero-order valence-corrected chi connectivity index (χ0v) is 12.6. The number of hydrogen-bond acceptors (Lipinski definition) is 3. The Hall–Kier alpha value is -0.790. The summed E-state index contributed by atoms with van der Waals surface area (Å²) in [5.41, 5.74) is 0.0731. The Morgan fingerprint density at radius 2 is 2.20 bits per heavy atom. The van der Waals surface area contributed by atoms with Crippen molar-refractivity contribution < 1.29 is 22.7 Å². The van der Waals surface area contributed by atoms with Gasteiger partial charge < -0.3 is 9.64 Å². The maximum Gasteiger partial charge on any atom is 0.425 e. The van der Waals surface area contributed by atoms with Crippen molar-refractivity contribution in [3.63, 3.8) is 0 Å². The maximum absolute atomic E-state index is 12.8. The predicted octanol–water partition coefficient (Wildman–Crippen LogP) is 3.37. The third kappa shape index (κ3) is 4.36. The van der Waals surface area contributed by atoms with Crippen molar-refractivity contribution in [2.24, 2.45) is 0 Å². The Morgan fingerprint density at radius 3 is 2.70 bits per heavy atom. The molecule has 8 heteroatoms. The summed E-state index contributed by atoms with van der Waals surface area (Å²) in [7, 11) is 1.46. The SMILES string of the molecule is COC[C@H](C)N(Cc1ccsc1C(F)(F)F)C(=O)CCl. The summed E-state index contributed by atoms with van der Waals surface area (Å²) < 4.78 is 43.4. The van der Waals surface area contributed by atoms with Crippen LogP contribution < -0.4 is 0 Å². The zero-order valence-electron chi connectivity index (χ0n) is 11.0. The molecule has 1 amide bonds. The molecule has 0 spiro atoms. The van der Waals surface area contributed by atoms with Crippen LogP contribution in [0.1, 0.15) is 17.4 Å². The van der Waals surface area contributed by atoms with Crippen LogP contribution in [-0.4, -0.2) is 36.4 Å². The van der Waals surface area contributed by atoms with E-state index in [0.717, 1.165) is 0 Å². The summed E-state index contributed by atoms with van der Waals surface area (Å²) >= 11 is 6.12. The number of thiophene rings is 1. The fourth-order valence-corrected chi connectivity index (χ4v) is 2.73. The molecule has 0 saturated carbocycles. The average Bonchev–Trinajstić information content (AvgIpc) is 2.83. The molecular weight excluding hydrogens is 315 g/mol. The van der Waals surface area contributed by atoms with Gasteiger partial charge in [-0.25, -0.2) is 0 Å². The van der Waals surface area contributed by atoms with Gasteiger partial charge in [-0.3, -0.25) is 4.79 Å². The molecule has 0 aromatic carbocycles. The van der Waals surface area contributed by atoms with Crippen molar-refractivity contribution in [2.75, 3.05) is 19.6 Å². The van der Waals surface area contributed by atoms with E-state index in [2.05, 4.69) is 0 Å². The molecule has 20 heavy (non-hydrogen) atoms. The highest BCUT2D eigenvalue weighted by molar-refractivity contribution is 7.10. The molecule has 1 aromatic heterocycles. The van der Waals surface area contributed by atoms with Gasteiger partial charge in [0.25, 0.3) is 0 Å². The highest BCUT2D eigenvalue weighted by atomic mass is 35.5. The molecule has 114 valence electrons. The van der Waals surface area contributed by atoms with Gasteiger partial charge in [-0.05, 0) is 23.9 Å². The first-order valence-electron chi connectivity index (χ1n) is 5.79. The third-order valence-corrected chi connectivity index (χ3v) is 3.95. The molecule has 1 atom stereocenters. The summed E-state index contributed by atoms with van der Waals surface area (Å²) in [6, 6.07) is 1.02. The molecule has 0 aliphatic rings. The number of halogens is 4. The average molecular weight is 330 g/mol.